The molecule has 1 saturated carbocycles. The van der Waals surface area contributed by atoms with Crippen LogP contribution in [0.4, 0.5) is 0 Å². The summed E-state index contributed by atoms with van der Waals surface area (Å²) >= 11 is 0. The number of nitrogens with zero attached hydrogens (tertiary/aromatic N) is 1. The van der Waals surface area contributed by atoms with E-state index in [1.54, 1.807) is 7.11 Å². The minimum atomic E-state index is -3.33. The summed E-state index contributed by atoms with van der Waals surface area (Å²) in [6.45, 7) is 12.5. The lowest BCUT2D eigenvalue weighted by atomic mass is 9.68. The minimum Gasteiger partial charge on any atom is -0.460 e. The fraction of sp³-hybridized carbons (Fsp3) is 0.923. The third-order valence-corrected chi connectivity index (χ3v) is 14.9. The van der Waals surface area contributed by atoms with E-state index in [-0.39, 0.29) is 60.6 Å². The van der Waals surface area contributed by atoms with E-state index in [2.05, 4.69) is 33.8 Å². The third-order valence-electron chi connectivity index (χ3n) is 13.6. The SMILES string of the molecule is CCCCCCCCCCCCCCCCCOCC(COP(C)(=O)OCC[N+](C)(C)C)OC(=O)CCCCCCCCC(=O)O[C@@H]1CC[C@]2(CO2)[C@@H]([C@@]2(C)OC2CC=C(C)C)[C@@H]1OC. The van der Waals surface area contributed by atoms with Gasteiger partial charge in [-0.25, -0.2) is 0 Å². The second kappa shape index (κ2) is 31.0. The fourth-order valence-corrected chi connectivity index (χ4v) is 10.4. The first-order chi connectivity index (χ1) is 31.0. The van der Waals surface area contributed by atoms with E-state index in [0.29, 0.717) is 50.1 Å². The van der Waals surface area contributed by atoms with E-state index < -0.39 is 13.7 Å². The maximum Gasteiger partial charge on any atom is 0.327 e. The molecule has 0 aromatic carbocycles. The molecule has 8 atom stereocenters. The first kappa shape index (κ1) is 57.9. The Labute approximate surface area is 396 Å². The summed E-state index contributed by atoms with van der Waals surface area (Å²) in [5.74, 6) is -0.475. The largest absolute Gasteiger partial charge is 0.460 e. The topological polar surface area (TPSA) is 132 Å². The van der Waals surface area contributed by atoms with Crippen LogP contribution in [0.1, 0.15) is 195 Å². The molecule has 0 aromatic heterocycles. The molecule has 1 aliphatic carbocycles. The molecule has 3 rings (SSSR count). The highest BCUT2D eigenvalue weighted by Crippen LogP contribution is 2.59. The molecule has 0 bridgehead atoms. The molecular weight excluding hydrogens is 846 g/mol. The van der Waals surface area contributed by atoms with E-state index >= 15 is 0 Å². The highest BCUT2D eigenvalue weighted by Gasteiger charge is 2.72. The van der Waals surface area contributed by atoms with Crippen LogP contribution in [0.3, 0.4) is 0 Å². The number of likely N-dealkylation sites (N-methyl/N-ethyl adjacent to an activating group) is 1. The molecule has 0 aromatic rings. The zero-order valence-electron chi connectivity index (χ0n) is 43.0. The Morgan fingerprint density at radius 3 is 1.83 bits per heavy atom. The van der Waals surface area contributed by atoms with Crippen LogP contribution in [0.2, 0.25) is 0 Å². The van der Waals surface area contributed by atoms with Crippen molar-refractivity contribution < 1.29 is 56.1 Å². The summed E-state index contributed by atoms with van der Waals surface area (Å²) < 4.78 is 61.3. The second-order valence-electron chi connectivity index (χ2n) is 21.1. The standard InChI is InChI=1S/C52H97NO11P/c1-10-11-12-13-14-15-16-17-18-19-20-21-24-27-30-38-58-40-44(41-61-65(9,56)60-39-37-53(5,6)7)62-47(54)31-28-25-22-23-26-29-32-48(55)63-45-35-36-52(42-59-52)50(49(45)57-8)51(4)46(64-51)34-33-43(2)3/h33,44-46,49-50H,10-32,34-42H2,1-9H3/q+1/t44?,45-,46?,49-,50-,51+,52+,65?/m1/s1. The zero-order chi connectivity index (χ0) is 47.6. The predicted molar refractivity (Wildman–Crippen MR) is 260 cm³/mol. The minimum absolute atomic E-state index is 0.0119. The Morgan fingerprint density at radius 2 is 1.31 bits per heavy atom. The van der Waals surface area contributed by atoms with Gasteiger partial charge < -0.3 is 42.0 Å². The third kappa shape index (κ3) is 24.2. The number of quaternary nitrogens is 1. The summed E-state index contributed by atoms with van der Waals surface area (Å²) in [5.41, 5.74) is 0.671. The number of ether oxygens (including phenoxy) is 6. The molecule has 2 saturated heterocycles. The van der Waals surface area contributed by atoms with Gasteiger partial charge in [0.2, 0.25) is 0 Å². The molecule has 3 fully saturated rings. The van der Waals surface area contributed by atoms with Crippen molar-refractivity contribution in [1.82, 2.24) is 0 Å². The van der Waals surface area contributed by atoms with E-state index in [9.17, 15) is 14.2 Å². The van der Waals surface area contributed by atoms with Gasteiger partial charge in [0.1, 0.15) is 42.7 Å². The van der Waals surface area contributed by atoms with Crippen LogP contribution in [0.5, 0.6) is 0 Å². The molecular formula is C52H97NO11P+. The Kier molecular flexibility index (Phi) is 27.6. The van der Waals surface area contributed by atoms with Gasteiger partial charge in [0, 0.05) is 33.2 Å². The number of epoxide rings is 2. The van der Waals surface area contributed by atoms with Gasteiger partial charge >= 0.3 is 19.5 Å². The fourth-order valence-electron chi connectivity index (χ4n) is 9.43. The smallest absolute Gasteiger partial charge is 0.327 e. The van der Waals surface area contributed by atoms with Crippen molar-refractivity contribution >= 4 is 19.5 Å². The summed E-state index contributed by atoms with van der Waals surface area (Å²) in [4.78, 5) is 26.0. The monoisotopic (exact) mass is 943 g/mol. The summed E-state index contributed by atoms with van der Waals surface area (Å²) in [5, 5.41) is 0. The highest BCUT2D eigenvalue weighted by atomic mass is 31.2. The predicted octanol–water partition coefficient (Wildman–Crippen LogP) is 12.1. The molecule has 2 aliphatic heterocycles. The molecule has 2 heterocycles. The van der Waals surface area contributed by atoms with Crippen molar-refractivity contribution in [3.63, 3.8) is 0 Å². The number of hydrogen-bond donors (Lipinski definition) is 0. The molecule has 3 aliphatic rings. The normalized spacial score (nSPS) is 25.2. The quantitative estimate of drug-likeness (QED) is 0.0145. The van der Waals surface area contributed by atoms with Crippen LogP contribution in [0, 0.1) is 5.92 Å². The van der Waals surface area contributed by atoms with Gasteiger partial charge in [0.15, 0.2) is 0 Å². The number of unbranched alkanes of at least 4 members (excludes halogenated alkanes) is 19. The van der Waals surface area contributed by atoms with Gasteiger partial charge in [-0.2, -0.15) is 0 Å². The van der Waals surface area contributed by atoms with E-state index in [1.165, 1.54) is 95.7 Å². The summed E-state index contributed by atoms with van der Waals surface area (Å²) in [6, 6.07) is 0. The first-order valence-corrected chi connectivity index (χ1v) is 28.1. The van der Waals surface area contributed by atoms with Crippen LogP contribution in [0.25, 0.3) is 0 Å². The lowest BCUT2D eigenvalue weighted by Gasteiger charge is -2.42. The summed E-state index contributed by atoms with van der Waals surface area (Å²) in [6.07, 6.45) is 29.0. The number of rotatable bonds is 40. The van der Waals surface area contributed by atoms with Crippen LogP contribution in [0.15, 0.2) is 11.6 Å². The molecule has 1 spiro atoms. The van der Waals surface area contributed by atoms with Crippen molar-refractivity contribution in [3.8, 4) is 0 Å². The van der Waals surface area contributed by atoms with E-state index in [1.807, 2.05) is 21.1 Å². The molecule has 3 unspecified atom stereocenters. The average molecular weight is 943 g/mol. The van der Waals surface area contributed by atoms with Crippen molar-refractivity contribution in [2.45, 2.75) is 230 Å². The maximum atomic E-state index is 13.0. The summed E-state index contributed by atoms with van der Waals surface area (Å²) in [7, 11) is 4.51. The Bertz CT molecular complexity index is 1390. The van der Waals surface area contributed by atoms with Crippen molar-refractivity contribution in [3.05, 3.63) is 11.6 Å². The van der Waals surface area contributed by atoms with Crippen molar-refractivity contribution in [2.75, 3.05) is 74.5 Å². The molecule has 13 heteroatoms. The Morgan fingerprint density at radius 1 is 0.769 bits per heavy atom. The van der Waals surface area contributed by atoms with Crippen molar-refractivity contribution in [1.29, 1.82) is 0 Å². The van der Waals surface area contributed by atoms with Gasteiger partial charge in [0.25, 0.3) is 0 Å². The molecule has 0 N–H and O–H groups in total. The second-order valence-corrected chi connectivity index (χ2v) is 23.1. The zero-order valence-corrected chi connectivity index (χ0v) is 43.9. The number of methoxy groups -OCH3 is 1. The Hall–Kier alpha value is -1.37. The molecule has 65 heavy (non-hydrogen) atoms. The van der Waals surface area contributed by atoms with Crippen LogP contribution in [-0.2, 0) is 51.6 Å². The van der Waals surface area contributed by atoms with Gasteiger partial charge in [0.05, 0.1) is 53.0 Å². The number of carbonyl (C=O) groups is 2. The van der Waals surface area contributed by atoms with Gasteiger partial charge in [-0.05, 0) is 59.3 Å². The van der Waals surface area contributed by atoms with E-state index in [0.717, 1.165) is 64.2 Å². The van der Waals surface area contributed by atoms with Crippen molar-refractivity contribution in [2.24, 2.45) is 5.92 Å². The number of carbonyl (C=O) groups excluding carboxylic acids is 2. The van der Waals surface area contributed by atoms with Crippen LogP contribution >= 0.6 is 7.60 Å². The van der Waals surface area contributed by atoms with E-state index in [4.69, 9.17) is 37.5 Å². The number of esters is 2. The van der Waals surface area contributed by atoms with Gasteiger partial charge in [-0.1, -0.05) is 134 Å². The van der Waals surface area contributed by atoms with Gasteiger partial charge in [-0.3, -0.25) is 14.2 Å². The average Bonchev–Trinajstić information content (AvgIpc) is 4.17. The highest BCUT2D eigenvalue weighted by molar-refractivity contribution is 7.52. The first-order valence-electron chi connectivity index (χ1n) is 26.2. The molecule has 0 amide bonds. The number of hydrogen-bond acceptors (Lipinski definition) is 11. The van der Waals surface area contributed by atoms with Gasteiger partial charge in [-0.15, -0.1) is 0 Å². The lowest BCUT2D eigenvalue weighted by molar-refractivity contribution is -0.870. The molecule has 0 radical (unpaired) electrons. The lowest BCUT2D eigenvalue weighted by Crippen LogP contribution is -2.55. The molecule has 380 valence electrons. The maximum absolute atomic E-state index is 13.0. The molecule has 12 nitrogen and oxygen atoms in total. The van der Waals surface area contributed by atoms with Crippen LogP contribution in [-0.4, -0.2) is 127 Å². The van der Waals surface area contributed by atoms with Crippen LogP contribution < -0.4 is 0 Å². The Balaban J connectivity index is 1.28. The number of allylic oxidation sites excluding steroid dienone is 1.